The van der Waals surface area contributed by atoms with Crippen LogP contribution in [0.25, 0.3) is 0 Å². The molecule has 1 atom stereocenters. The predicted octanol–water partition coefficient (Wildman–Crippen LogP) is 4.63. The van der Waals surface area contributed by atoms with Gasteiger partial charge in [0, 0.05) is 16.7 Å². The molecule has 1 aromatic rings. The molecule has 1 heterocycles. The minimum atomic E-state index is -4.29. The minimum absolute atomic E-state index is 0.515. The number of hydrogen-bond acceptors (Lipinski definition) is 2. The molecule has 0 amide bonds. The highest BCUT2D eigenvalue weighted by atomic mass is 79.9. The van der Waals surface area contributed by atoms with Gasteiger partial charge >= 0.3 is 6.18 Å². The zero-order chi connectivity index (χ0) is 13.2. The lowest BCUT2D eigenvalue weighted by Gasteiger charge is -2.15. The van der Waals surface area contributed by atoms with Gasteiger partial charge in [0.05, 0.1) is 5.56 Å². The number of rotatable bonds is 3. The van der Waals surface area contributed by atoms with E-state index in [1.165, 1.54) is 6.07 Å². The van der Waals surface area contributed by atoms with Crippen LogP contribution in [0, 0.1) is 5.92 Å². The highest BCUT2D eigenvalue weighted by Gasteiger charge is 2.31. The molecule has 0 aromatic heterocycles. The second-order valence-corrected chi connectivity index (χ2v) is 6.31. The molecule has 0 radical (unpaired) electrons. The summed E-state index contributed by atoms with van der Waals surface area (Å²) in [6.07, 6.45) is -3.16. The highest BCUT2D eigenvalue weighted by Crippen LogP contribution is 2.34. The molecule has 1 aliphatic rings. The van der Waals surface area contributed by atoms with Crippen molar-refractivity contribution in [1.82, 2.24) is 0 Å². The highest BCUT2D eigenvalue weighted by molar-refractivity contribution is 9.10. The van der Waals surface area contributed by atoms with E-state index < -0.39 is 11.7 Å². The van der Waals surface area contributed by atoms with E-state index >= 15 is 0 Å². The van der Waals surface area contributed by atoms with Crippen LogP contribution in [-0.4, -0.2) is 18.1 Å². The van der Waals surface area contributed by atoms with E-state index in [9.17, 15) is 13.2 Å². The third-order valence-corrected chi connectivity index (χ3v) is 4.82. The van der Waals surface area contributed by atoms with E-state index in [4.69, 9.17) is 0 Å². The molecule has 1 saturated heterocycles. The van der Waals surface area contributed by atoms with Crippen LogP contribution in [0.4, 0.5) is 18.9 Å². The summed E-state index contributed by atoms with van der Waals surface area (Å²) in [6.45, 7) is 0.729. The topological polar surface area (TPSA) is 12.0 Å². The molecular weight excluding hydrogens is 327 g/mol. The van der Waals surface area contributed by atoms with E-state index in [1.54, 1.807) is 0 Å². The fourth-order valence-corrected chi connectivity index (χ4v) is 3.51. The molecule has 6 heteroatoms. The number of nitrogens with one attached hydrogen (secondary N) is 1. The zero-order valence-electron chi connectivity index (χ0n) is 9.56. The van der Waals surface area contributed by atoms with Crippen molar-refractivity contribution in [2.45, 2.75) is 12.6 Å². The first-order chi connectivity index (χ1) is 8.47. The van der Waals surface area contributed by atoms with Gasteiger partial charge in [0.15, 0.2) is 0 Å². The average molecular weight is 340 g/mol. The number of benzene rings is 1. The Balaban J connectivity index is 2.06. The maximum absolute atomic E-state index is 12.6. The van der Waals surface area contributed by atoms with Crippen molar-refractivity contribution in [3.05, 3.63) is 28.2 Å². The number of hydrogen-bond donors (Lipinski definition) is 1. The molecule has 1 nitrogen and oxygen atoms in total. The van der Waals surface area contributed by atoms with Crippen molar-refractivity contribution in [2.24, 2.45) is 5.92 Å². The first-order valence-corrected chi connectivity index (χ1v) is 7.60. The van der Waals surface area contributed by atoms with E-state index in [2.05, 4.69) is 21.2 Å². The molecule has 1 fully saturated rings. The lowest BCUT2D eigenvalue weighted by Crippen LogP contribution is -2.14. The van der Waals surface area contributed by atoms with Gasteiger partial charge in [0.25, 0.3) is 0 Å². The summed E-state index contributed by atoms with van der Waals surface area (Å²) in [4.78, 5) is 0. The van der Waals surface area contributed by atoms with E-state index in [0.29, 0.717) is 16.1 Å². The summed E-state index contributed by atoms with van der Waals surface area (Å²) in [6, 6.07) is 3.68. The Morgan fingerprint density at radius 3 is 2.78 bits per heavy atom. The predicted molar refractivity (Wildman–Crippen MR) is 73.1 cm³/mol. The van der Waals surface area contributed by atoms with Gasteiger partial charge in [-0.2, -0.15) is 24.9 Å². The van der Waals surface area contributed by atoms with Crippen molar-refractivity contribution in [2.75, 3.05) is 23.4 Å². The quantitative estimate of drug-likeness (QED) is 0.861. The largest absolute Gasteiger partial charge is 0.416 e. The molecule has 18 heavy (non-hydrogen) atoms. The van der Waals surface area contributed by atoms with E-state index in [-0.39, 0.29) is 0 Å². The SMILES string of the molecule is FC(F)(F)c1ccc(Br)c(NCC2CCSC2)c1. The Labute approximate surface area is 117 Å². The zero-order valence-corrected chi connectivity index (χ0v) is 12.0. The van der Waals surface area contributed by atoms with Gasteiger partial charge in [-0.3, -0.25) is 0 Å². The molecule has 0 bridgehead atoms. The summed E-state index contributed by atoms with van der Waals surface area (Å²) >= 11 is 5.17. The Hall–Kier alpha value is -0.360. The minimum Gasteiger partial charge on any atom is -0.384 e. The van der Waals surface area contributed by atoms with Gasteiger partial charge in [0.2, 0.25) is 0 Å². The maximum atomic E-state index is 12.6. The number of alkyl halides is 3. The average Bonchev–Trinajstić information content (AvgIpc) is 2.79. The maximum Gasteiger partial charge on any atom is 0.416 e. The third kappa shape index (κ3) is 3.57. The number of anilines is 1. The second kappa shape index (κ2) is 5.74. The molecule has 1 N–H and O–H groups in total. The van der Waals surface area contributed by atoms with Crippen LogP contribution in [-0.2, 0) is 6.18 Å². The standard InChI is InChI=1S/C12H13BrF3NS/c13-10-2-1-9(12(14,15)16)5-11(10)17-6-8-3-4-18-7-8/h1-2,5,8,17H,3-4,6-7H2. The normalized spacial score (nSPS) is 20.1. The van der Waals surface area contributed by atoms with Crippen molar-refractivity contribution < 1.29 is 13.2 Å². The molecule has 0 saturated carbocycles. The van der Waals surface area contributed by atoms with Crippen molar-refractivity contribution in [1.29, 1.82) is 0 Å². The summed E-state index contributed by atoms with van der Waals surface area (Å²) in [5.74, 6) is 2.79. The van der Waals surface area contributed by atoms with Crippen molar-refractivity contribution >= 4 is 33.4 Å². The Morgan fingerprint density at radius 2 is 2.17 bits per heavy atom. The van der Waals surface area contributed by atoms with Gasteiger partial charge in [-0.1, -0.05) is 0 Å². The molecular formula is C12H13BrF3NS. The van der Waals surface area contributed by atoms with E-state index in [0.717, 1.165) is 36.6 Å². The molecule has 0 spiro atoms. The molecule has 1 aliphatic heterocycles. The Morgan fingerprint density at radius 1 is 1.39 bits per heavy atom. The number of halogens is 4. The van der Waals surface area contributed by atoms with Crippen LogP contribution in [0.15, 0.2) is 22.7 Å². The van der Waals surface area contributed by atoms with Crippen LogP contribution in [0.3, 0.4) is 0 Å². The van der Waals surface area contributed by atoms with Gasteiger partial charge in [-0.15, -0.1) is 0 Å². The van der Waals surface area contributed by atoms with Crippen LogP contribution in [0.2, 0.25) is 0 Å². The van der Waals surface area contributed by atoms with Crippen LogP contribution < -0.4 is 5.32 Å². The first kappa shape index (κ1) is 14.1. The van der Waals surface area contributed by atoms with Gasteiger partial charge < -0.3 is 5.32 Å². The van der Waals surface area contributed by atoms with Gasteiger partial charge in [-0.05, 0) is 58.0 Å². The van der Waals surface area contributed by atoms with Crippen molar-refractivity contribution in [3.8, 4) is 0 Å². The Kier molecular flexibility index (Phi) is 4.48. The monoisotopic (exact) mass is 339 g/mol. The summed E-state index contributed by atoms with van der Waals surface area (Å²) in [5, 5.41) is 3.11. The summed E-state index contributed by atoms with van der Waals surface area (Å²) in [5.41, 5.74) is -0.101. The Bertz CT molecular complexity index is 416. The summed E-state index contributed by atoms with van der Waals surface area (Å²) in [7, 11) is 0. The second-order valence-electron chi connectivity index (χ2n) is 4.30. The van der Waals surface area contributed by atoms with Gasteiger partial charge in [-0.25, -0.2) is 0 Å². The molecule has 2 rings (SSSR count). The van der Waals surface area contributed by atoms with Crippen LogP contribution >= 0.6 is 27.7 Å². The lowest BCUT2D eigenvalue weighted by molar-refractivity contribution is -0.137. The van der Waals surface area contributed by atoms with Crippen LogP contribution in [0.1, 0.15) is 12.0 Å². The molecule has 1 unspecified atom stereocenters. The molecule has 1 aromatic carbocycles. The molecule has 0 aliphatic carbocycles. The van der Waals surface area contributed by atoms with Crippen molar-refractivity contribution in [3.63, 3.8) is 0 Å². The van der Waals surface area contributed by atoms with Crippen LogP contribution in [0.5, 0.6) is 0 Å². The lowest BCUT2D eigenvalue weighted by atomic mass is 10.1. The summed E-state index contributed by atoms with van der Waals surface area (Å²) < 4.78 is 38.5. The third-order valence-electron chi connectivity index (χ3n) is 2.90. The molecule has 100 valence electrons. The smallest absolute Gasteiger partial charge is 0.384 e. The van der Waals surface area contributed by atoms with Gasteiger partial charge in [0.1, 0.15) is 0 Å². The fourth-order valence-electron chi connectivity index (χ4n) is 1.84. The number of thioether (sulfide) groups is 1. The first-order valence-electron chi connectivity index (χ1n) is 5.65. The fraction of sp³-hybridized carbons (Fsp3) is 0.500. The van der Waals surface area contributed by atoms with E-state index in [1.807, 2.05) is 11.8 Å².